The van der Waals surface area contributed by atoms with Crippen molar-refractivity contribution in [3.05, 3.63) is 64.2 Å². The predicted octanol–water partition coefficient (Wildman–Crippen LogP) is 3.99. The first-order valence-corrected chi connectivity index (χ1v) is 9.62. The topological polar surface area (TPSA) is 75.7 Å². The lowest BCUT2D eigenvalue weighted by Crippen LogP contribution is -2.47. The maximum absolute atomic E-state index is 13.5. The number of aryl methyl sites for hydroxylation is 2. The molecule has 0 heterocycles. The first-order valence-electron chi connectivity index (χ1n) is 9.25. The summed E-state index contributed by atoms with van der Waals surface area (Å²) in [6, 6.07) is 11.2. The Kier molecular flexibility index (Phi) is 8.34. The van der Waals surface area contributed by atoms with E-state index in [9.17, 15) is 23.4 Å². The smallest absolute Gasteiger partial charge is 0.419 e. The molecule has 2 rings (SSSR count). The molecule has 0 radical (unpaired) electrons. The summed E-state index contributed by atoms with van der Waals surface area (Å²) < 4.78 is 45.8. The summed E-state index contributed by atoms with van der Waals surface area (Å²) in [7, 11) is 0. The zero-order valence-corrected chi connectivity index (χ0v) is 16.6. The molecule has 4 nitrogen and oxygen atoms in total. The van der Waals surface area contributed by atoms with E-state index >= 15 is 0 Å². The number of aliphatic hydroxyl groups is 2. The van der Waals surface area contributed by atoms with Crippen molar-refractivity contribution in [1.82, 2.24) is 0 Å². The van der Waals surface area contributed by atoms with Crippen molar-refractivity contribution in [2.24, 2.45) is 5.73 Å². The number of hydrogen-bond donors (Lipinski definition) is 3. The third kappa shape index (κ3) is 7.19. The molecule has 0 aliphatic carbocycles. The van der Waals surface area contributed by atoms with Crippen molar-refractivity contribution in [2.45, 2.75) is 37.4 Å². The lowest BCUT2D eigenvalue weighted by Gasteiger charge is -2.24. The van der Waals surface area contributed by atoms with E-state index in [0.717, 1.165) is 11.6 Å². The molecule has 4 N–H and O–H groups in total. The van der Waals surface area contributed by atoms with Crippen LogP contribution in [-0.4, -0.2) is 35.6 Å². The molecular formula is C21H25ClF3NO3. The highest BCUT2D eigenvalue weighted by molar-refractivity contribution is 6.30. The third-order valence-electron chi connectivity index (χ3n) is 4.65. The van der Waals surface area contributed by atoms with Crippen molar-refractivity contribution < 1.29 is 28.1 Å². The van der Waals surface area contributed by atoms with Gasteiger partial charge in [0, 0.05) is 5.02 Å². The first kappa shape index (κ1) is 23.5. The minimum atomic E-state index is -4.56. The number of rotatable bonds is 10. The van der Waals surface area contributed by atoms with E-state index in [1.54, 1.807) is 6.07 Å². The fourth-order valence-electron chi connectivity index (χ4n) is 2.83. The molecule has 0 amide bonds. The number of alkyl halides is 3. The minimum absolute atomic E-state index is 0.135. The van der Waals surface area contributed by atoms with E-state index in [2.05, 4.69) is 0 Å². The number of nitrogens with two attached hydrogens (primary N) is 1. The van der Waals surface area contributed by atoms with Crippen LogP contribution in [0, 0.1) is 0 Å². The second-order valence-electron chi connectivity index (χ2n) is 7.09. The van der Waals surface area contributed by atoms with E-state index < -0.39 is 30.5 Å². The molecule has 0 saturated carbocycles. The molecule has 2 aromatic rings. The second-order valence-corrected chi connectivity index (χ2v) is 7.53. The average Bonchev–Trinajstić information content (AvgIpc) is 2.69. The highest BCUT2D eigenvalue weighted by Gasteiger charge is 2.35. The van der Waals surface area contributed by atoms with Crippen LogP contribution in [0.5, 0.6) is 5.75 Å². The standard InChI is InChI=1S/C21H25ClF3NO3/c22-17-5-1-3-15(11-17)4-2-10-29-19-7-6-16(12-18(19)21(23,24)25)8-9-20(26,13-27)14-28/h1,3,5-7,11-12,27-28H,2,4,8-10,13-14,26H2. The van der Waals surface area contributed by atoms with Gasteiger partial charge in [0.25, 0.3) is 0 Å². The molecule has 0 unspecified atom stereocenters. The van der Waals surface area contributed by atoms with Crippen molar-refractivity contribution in [3.63, 3.8) is 0 Å². The maximum Gasteiger partial charge on any atom is 0.419 e. The van der Waals surface area contributed by atoms with E-state index in [4.69, 9.17) is 22.1 Å². The van der Waals surface area contributed by atoms with Gasteiger partial charge in [-0.25, -0.2) is 0 Å². The fraction of sp³-hybridized carbons (Fsp3) is 0.429. The highest BCUT2D eigenvalue weighted by atomic mass is 35.5. The number of aliphatic hydroxyl groups excluding tert-OH is 2. The van der Waals surface area contributed by atoms with Crippen molar-refractivity contribution >= 4 is 11.6 Å². The number of benzene rings is 2. The summed E-state index contributed by atoms with van der Waals surface area (Å²) in [6.07, 6.45) is -3.04. The number of halogens is 4. The molecule has 0 aliphatic heterocycles. The molecule has 160 valence electrons. The van der Waals surface area contributed by atoms with Crippen LogP contribution in [0.1, 0.15) is 29.5 Å². The summed E-state index contributed by atoms with van der Waals surface area (Å²) in [6.45, 7) is -0.775. The van der Waals surface area contributed by atoms with Crippen LogP contribution in [0.2, 0.25) is 5.02 Å². The Morgan fingerprint density at radius 3 is 2.28 bits per heavy atom. The molecule has 0 aromatic heterocycles. The summed E-state index contributed by atoms with van der Waals surface area (Å²) in [5, 5.41) is 19.0. The van der Waals surface area contributed by atoms with Gasteiger partial charge in [0.2, 0.25) is 0 Å². The van der Waals surface area contributed by atoms with E-state index in [0.29, 0.717) is 23.4 Å². The first-order chi connectivity index (χ1) is 13.7. The number of ether oxygens (including phenoxy) is 1. The lowest BCUT2D eigenvalue weighted by molar-refractivity contribution is -0.139. The third-order valence-corrected chi connectivity index (χ3v) is 4.88. The quantitative estimate of drug-likeness (QED) is 0.497. The molecular weight excluding hydrogens is 407 g/mol. The van der Waals surface area contributed by atoms with Crippen LogP contribution in [0.15, 0.2) is 42.5 Å². The second kappa shape index (κ2) is 10.3. The normalized spacial score (nSPS) is 12.2. The Labute approximate surface area is 173 Å². The summed E-state index contributed by atoms with van der Waals surface area (Å²) in [5.74, 6) is -0.226. The van der Waals surface area contributed by atoms with Gasteiger partial charge in [-0.05, 0) is 61.1 Å². The lowest BCUT2D eigenvalue weighted by atomic mass is 9.93. The van der Waals surface area contributed by atoms with Gasteiger partial charge in [-0.3, -0.25) is 0 Å². The minimum Gasteiger partial charge on any atom is -0.493 e. The van der Waals surface area contributed by atoms with Gasteiger partial charge < -0.3 is 20.7 Å². The van der Waals surface area contributed by atoms with E-state index in [1.807, 2.05) is 18.2 Å². The Hall–Kier alpha value is -1.80. The average molecular weight is 432 g/mol. The summed E-state index contributed by atoms with van der Waals surface area (Å²) in [5.41, 5.74) is 5.09. The van der Waals surface area contributed by atoms with Gasteiger partial charge in [-0.2, -0.15) is 13.2 Å². The van der Waals surface area contributed by atoms with Gasteiger partial charge in [-0.1, -0.05) is 29.8 Å². The van der Waals surface area contributed by atoms with Gasteiger partial charge >= 0.3 is 6.18 Å². The molecule has 0 spiro atoms. The molecule has 2 aromatic carbocycles. The Balaban J connectivity index is 2.01. The van der Waals surface area contributed by atoms with Crippen LogP contribution in [0.25, 0.3) is 0 Å². The molecule has 0 saturated heterocycles. The van der Waals surface area contributed by atoms with Crippen molar-refractivity contribution in [3.8, 4) is 5.75 Å². The Bertz CT molecular complexity index is 795. The van der Waals surface area contributed by atoms with Crippen LogP contribution < -0.4 is 10.5 Å². The van der Waals surface area contributed by atoms with Crippen molar-refractivity contribution in [2.75, 3.05) is 19.8 Å². The van der Waals surface area contributed by atoms with Crippen LogP contribution in [0.4, 0.5) is 13.2 Å². The van der Waals surface area contributed by atoms with Crippen molar-refractivity contribution in [1.29, 1.82) is 0 Å². The van der Waals surface area contributed by atoms with Crippen LogP contribution in [0.3, 0.4) is 0 Å². The molecule has 0 fully saturated rings. The molecule has 0 aliphatic rings. The van der Waals surface area contributed by atoms with Crippen LogP contribution in [-0.2, 0) is 19.0 Å². The van der Waals surface area contributed by atoms with Gasteiger partial charge in [0.05, 0.1) is 30.9 Å². The summed E-state index contributed by atoms with van der Waals surface area (Å²) in [4.78, 5) is 0. The van der Waals surface area contributed by atoms with E-state index in [-0.39, 0.29) is 25.2 Å². The van der Waals surface area contributed by atoms with Gasteiger partial charge in [-0.15, -0.1) is 0 Å². The molecule has 8 heteroatoms. The van der Waals surface area contributed by atoms with Crippen LogP contribution >= 0.6 is 11.6 Å². The van der Waals surface area contributed by atoms with Gasteiger partial charge in [0.15, 0.2) is 0 Å². The fourth-order valence-corrected chi connectivity index (χ4v) is 3.05. The highest BCUT2D eigenvalue weighted by Crippen LogP contribution is 2.37. The Morgan fingerprint density at radius 1 is 0.966 bits per heavy atom. The predicted molar refractivity (Wildman–Crippen MR) is 106 cm³/mol. The monoisotopic (exact) mass is 431 g/mol. The van der Waals surface area contributed by atoms with E-state index in [1.165, 1.54) is 12.1 Å². The zero-order chi connectivity index (χ0) is 21.5. The number of hydrogen-bond acceptors (Lipinski definition) is 4. The zero-order valence-electron chi connectivity index (χ0n) is 15.9. The largest absolute Gasteiger partial charge is 0.493 e. The SMILES string of the molecule is NC(CO)(CO)CCc1ccc(OCCCc2cccc(Cl)c2)c(C(F)(F)F)c1. The maximum atomic E-state index is 13.5. The van der Waals surface area contributed by atoms with Gasteiger partial charge in [0.1, 0.15) is 5.75 Å². The summed E-state index contributed by atoms with van der Waals surface area (Å²) >= 11 is 5.92. The molecule has 0 bridgehead atoms. The molecule has 0 atom stereocenters. The molecule has 29 heavy (non-hydrogen) atoms. The Morgan fingerprint density at radius 2 is 1.66 bits per heavy atom.